The maximum atomic E-state index is 12.2. The van der Waals surface area contributed by atoms with Gasteiger partial charge in [0.25, 0.3) is 0 Å². The van der Waals surface area contributed by atoms with Crippen LogP contribution < -0.4 is 0 Å². The molecule has 6 nitrogen and oxygen atoms in total. The van der Waals surface area contributed by atoms with Gasteiger partial charge in [-0.25, -0.2) is 0 Å². The van der Waals surface area contributed by atoms with Gasteiger partial charge in [0.1, 0.15) is 5.76 Å². The van der Waals surface area contributed by atoms with Gasteiger partial charge in [0, 0.05) is 57.5 Å². The van der Waals surface area contributed by atoms with Gasteiger partial charge < -0.3 is 10.2 Å². The van der Waals surface area contributed by atoms with Gasteiger partial charge in [-0.3, -0.25) is 19.6 Å². The summed E-state index contributed by atoms with van der Waals surface area (Å²) in [5, 5.41) is 19.3. The Morgan fingerprint density at radius 2 is 1.70 bits per heavy atom. The highest BCUT2D eigenvalue weighted by Gasteiger charge is 2.26. The average molecular weight is 369 g/mol. The summed E-state index contributed by atoms with van der Waals surface area (Å²) in [5.74, 6) is -0.0405. The largest absolute Gasteiger partial charge is 0.507 e. The monoisotopic (exact) mass is 369 g/mol. The zero-order chi connectivity index (χ0) is 19.1. The Labute approximate surface area is 160 Å². The molecular weight excluding hydrogens is 342 g/mol. The number of aliphatic hydroxyl groups excluding tert-OH is 2. The molecule has 6 heteroatoms. The summed E-state index contributed by atoms with van der Waals surface area (Å²) in [5.41, 5.74) is 1.92. The summed E-state index contributed by atoms with van der Waals surface area (Å²) >= 11 is 0. The van der Waals surface area contributed by atoms with Crippen LogP contribution in [0.25, 0.3) is 6.08 Å². The van der Waals surface area contributed by atoms with Crippen molar-refractivity contribution in [1.29, 1.82) is 0 Å². The number of aliphatic imine (C=N–C) groups is 1. The molecule has 0 unspecified atom stereocenters. The van der Waals surface area contributed by atoms with Crippen molar-refractivity contribution >= 4 is 18.1 Å². The summed E-state index contributed by atoms with van der Waals surface area (Å²) < 4.78 is 0. The molecule has 0 spiro atoms. The van der Waals surface area contributed by atoms with E-state index < -0.39 is 0 Å². The number of allylic oxidation sites excluding steroid dienone is 2. The number of β-amino-alcohol motifs (C(OH)–C–C–N with tert-alkyl or cyclic N) is 1. The molecule has 0 bridgehead atoms. The SMILES string of the molecule is O=C1CC(=Cc2ccccc2)C(O)=C1C=NCCN1CCN(CCO)CC1. The number of hydrogen-bond acceptors (Lipinski definition) is 6. The summed E-state index contributed by atoms with van der Waals surface area (Å²) in [6.07, 6.45) is 3.58. The van der Waals surface area contributed by atoms with Crippen molar-refractivity contribution in [1.82, 2.24) is 9.80 Å². The number of benzene rings is 1. The van der Waals surface area contributed by atoms with Crippen LogP contribution in [0.5, 0.6) is 0 Å². The minimum atomic E-state index is -0.0870. The lowest BCUT2D eigenvalue weighted by Gasteiger charge is -2.33. The molecule has 2 aliphatic rings. The number of piperazine rings is 1. The van der Waals surface area contributed by atoms with Crippen molar-refractivity contribution in [3.05, 3.63) is 52.8 Å². The van der Waals surface area contributed by atoms with Gasteiger partial charge in [-0.15, -0.1) is 0 Å². The van der Waals surface area contributed by atoms with Crippen molar-refractivity contribution < 1.29 is 15.0 Å². The first-order chi connectivity index (χ1) is 13.2. The molecule has 1 saturated heterocycles. The fourth-order valence-corrected chi connectivity index (χ4v) is 3.39. The molecule has 27 heavy (non-hydrogen) atoms. The molecule has 0 amide bonds. The van der Waals surface area contributed by atoms with E-state index in [2.05, 4.69) is 14.8 Å². The zero-order valence-corrected chi connectivity index (χ0v) is 15.5. The average Bonchev–Trinajstić information content (AvgIpc) is 2.94. The van der Waals surface area contributed by atoms with Crippen LogP contribution >= 0.6 is 0 Å². The lowest BCUT2D eigenvalue weighted by molar-refractivity contribution is -0.114. The van der Waals surface area contributed by atoms with E-state index in [0.29, 0.717) is 17.7 Å². The first kappa shape index (κ1) is 19.5. The maximum Gasteiger partial charge on any atom is 0.172 e. The lowest BCUT2D eigenvalue weighted by atomic mass is 10.1. The number of carbonyl (C=O) groups excluding carboxylic acids is 1. The van der Waals surface area contributed by atoms with Crippen LogP contribution in [0.15, 0.2) is 52.2 Å². The molecule has 144 valence electrons. The van der Waals surface area contributed by atoms with Gasteiger partial charge >= 0.3 is 0 Å². The molecule has 3 rings (SSSR count). The van der Waals surface area contributed by atoms with E-state index in [4.69, 9.17) is 5.11 Å². The first-order valence-corrected chi connectivity index (χ1v) is 9.45. The van der Waals surface area contributed by atoms with Crippen LogP contribution in [-0.4, -0.2) is 84.4 Å². The summed E-state index contributed by atoms with van der Waals surface area (Å²) in [6.45, 7) is 6.22. The van der Waals surface area contributed by atoms with Gasteiger partial charge in [0.2, 0.25) is 0 Å². The molecule has 2 N–H and O–H groups in total. The molecule has 0 saturated carbocycles. The fourth-order valence-electron chi connectivity index (χ4n) is 3.39. The van der Waals surface area contributed by atoms with Crippen LogP contribution in [0.3, 0.4) is 0 Å². The van der Waals surface area contributed by atoms with Crippen LogP contribution in [0.2, 0.25) is 0 Å². The van der Waals surface area contributed by atoms with E-state index in [0.717, 1.165) is 44.8 Å². The minimum absolute atomic E-state index is 0.0465. The van der Waals surface area contributed by atoms with Crippen molar-refractivity contribution in [2.45, 2.75) is 6.42 Å². The number of nitrogens with zero attached hydrogens (tertiary/aromatic N) is 3. The quantitative estimate of drug-likeness (QED) is 0.713. The predicted octanol–water partition coefficient (Wildman–Crippen LogP) is 1.54. The Hall–Kier alpha value is -2.28. The summed E-state index contributed by atoms with van der Waals surface area (Å²) in [6, 6.07) is 9.67. The molecule has 1 aliphatic heterocycles. The zero-order valence-electron chi connectivity index (χ0n) is 15.5. The molecule has 1 aliphatic carbocycles. The second-order valence-corrected chi connectivity index (χ2v) is 6.88. The van der Waals surface area contributed by atoms with Gasteiger partial charge in [-0.1, -0.05) is 30.3 Å². The molecule has 0 aromatic heterocycles. The van der Waals surface area contributed by atoms with Crippen molar-refractivity contribution in [3.8, 4) is 0 Å². The standard InChI is InChI=1S/C21H27N3O3/c25-13-12-24-10-8-23(9-11-24)7-6-22-16-19-20(26)15-18(21(19)27)14-17-4-2-1-3-5-17/h1-5,14,16,25,27H,6-13,15H2. The topological polar surface area (TPSA) is 76.4 Å². The first-order valence-electron chi connectivity index (χ1n) is 9.45. The third-order valence-corrected chi connectivity index (χ3v) is 5.00. The maximum absolute atomic E-state index is 12.2. The molecule has 1 fully saturated rings. The molecule has 1 aromatic carbocycles. The van der Waals surface area contributed by atoms with Crippen LogP contribution in [-0.2, 0) is 4.79 Å². The van der Waals surface area contributed by atoms with E-state index in [1.807, 2.05) is 36.4 Å². The van der Waals surface area contributed by atoms with Crippen LogP contribution in [0.4, 0.5) is 0 Å². The molecule has 1 heterocycles. The summed E-state index contributed by atoms with van der Waals surface area (Å²) in [7, 11) is 0. The molecule has 0 atom stereocenters. The predicted molar refractivity (Wildman–Crippen MR) is 107 cm³/mol. The van der Waals surface area contributed by atoms with E-state index in [-0.39, 0.29) is 24.6 Å². The van der Waals surface area contributed by atoms with Gasteiger partial charge in [-0.05, 0) is 11.6 Å². The Morgan fingerprint density at radius 3 is 2.37 bits per heavy atom. The van der Waals surface area contributed by atoms with E-state index in [1.165, 1.54) is 6.21 Å². The van der Waals surface area contributed by atoms with Crippen molar-refractivity contribution in [2.24, 2.45) is 4.99 Å². The highest BCUT2D eigenvalue weighted by atomic mass is 16.3. The Morgan fingerprint density at radius 1 is 1.04 bits per heavy atom. The second-order valence-electron chi connectivity index (χ2n) is 6.88. The molecular formula is C21H27N3O3. The summed E-state index contributed by atoms with van der Waals surface area (Å²) in [4.78, 5) is 21.1. The Kier molecular flexibility index (Phi) is 6.92. The Balaban J connectivity index is 1.52. The highest BCUT2D eigenvalue weighted by molar-refractivity contribution is 6.18. The molecule has 1 aromatic rings. The number of rotatable bonds is 7. The minimum Gasteiger partial charge on any atom is -0.507 e. The van der Waals surface area contributed by atoms with Crippen LogP contribution in [0.1, 0.15) is 12.0 Å². The van der Waals surface area contributed by atoms with Gasteiger partial charge in [0.15, 0.2) is 5.78 Å². The number of hydrogen-bond donors (Lipinski definition) is 2. The lowest BCUT2D eigenvalue weighted by Crippen LogP contribution is -2.47. The van der Waals surface area contributed by atoms with Gasteiger partial charge in [-0.2, -0.15) is 0 Å². The van der Waals surface area contributed by atoms with E-state index in [9.17, 15) is 9.90 Å². The third kappa shape index (κ3) is 5.35. The Bertz CT molecular complexity index is 732. The van der Waals surface area contributed by atoms with E-state index in [1.54, 1.807) is 0 Å². The second kappa shape index (κ2) is 9.60. The van der Waals surface area contributed by atoms with E-state index >= 15 is 0 Å². The number of ketones is 1. The molecule has 0 radical (unpaired) electrons. The van der Waals surface area contributed by atoms with Crippen molar-refractivity contribution in [3.63, 3.8) is 0 Å². The van der Waals surface area contributed by atoms with Crippen molar-refractivity contribution in [2.75, 3.05) is 52.4 Å². The fraction of sp³-hybridized carbons (Fsp3) is 0.429. The normalized spacial score (nSPS) is 21.1. The third-order valence-electron chi connectivity index (χ3n) is 5.00. The van der Waals surface area contributed by atoms with Crippen LogP contribution in [0, 0.1) is 0 Å². The number of aliphatic hydroxyl groups is 2. The smallest absolute Gasteiger partial charge is 0.172 e. The van der Waals surface area contributed by atoms with Gasteiger partial charge in [0.05, 0.1) is 18.7 Å². The highest BCUT2D eigenvalue weighted by Crippen LogP contribution is 2.27. The number of Topliss-reactive ketones (excluding diaryl/α,β-unsaturated/α-hetero) is 1. The number of carbonyl (C=O) groups is 1.